The molecule has 2 amide bonds. The Balaban J connectivity index is 1.32. The highest BCUT2D eigenvalue weighted by molar-refractivity contribution is 6.07. The molecule has 0 spiro atoms. The first-order valence-corrected chi connectivity index (χ1v) is 12.7. The monoisotopic (exact) mass is 542 g/mol. The number of rotatable bonds is 9. The zero-order valence-electron chi connectivity index (χ0n) is 21.2. The van der Waals surface area contributed by atoms with Gasteiger partial charge in [-0.25, -0.2) is 0 Å². The van der Waals surface area contributed by atoms with Crippen LogP contribution in [0.2, 0.25) is 0 Å². The Morgan fingerprint density at radius 2 is 1.59 bits per heavy atom. The maximum atomic E-state index is 13.5. The van der Waals surface area contributed by atoms with E-state index in [0.29, 0.717) is 36.9 Å². The molecule has 3 aromatic rings. The first-order valence-electron chi connectivity index (χ1n) is 12.7. The predicted octanol–water partition coefficient (Wildman–Crippen LogP) is 5.10. The molecule has 39 heavy (non-hydrogen) atoms. The number of amides is 2. The third-order valence-electron chi connectivity index (χ3n) is 6.88. The lowest BCUT2D eigenvalue weighted by atomic mass is 9.88. The third kappa shape index (κ3) is 6.94. The maximum Gasteiger partial charge on any atom is 0.417 e. The number of ether oxygens (including phenoxy) is 1. The minimum Gasteiger partial charge on any atom is -0.481 e. The van der Waals surface area contributed by atoms with Crippen molar-refractivity contribution in [2.45, 2.75) is 31.4 Å². The van der Waals surface area contributed by atoms with Crippen LogP contribution in [-0.4, -0.2) is 60.6 Å². The van der Waals surface area contributed by atoms with Gasteiger partial charge < -0.3 is 20.1 Å². The zero-order valence-corrected chi connectivity index (χ0v) is 21.2. The van der Waals surface area contributed by atoms with E-state index in [1.54, 1.807) is 29.2 Å². The van der Waals surface area contributed by atoms with Crippen LogP contribution in [0.1, 0.15) is 57.0 Å². The number of carbonyl (C=O) groups is 3. The maximum absolute atomic E-state index is 13.5. The standard InChI is InChI=1S/C29H29F3N2O5/c30-29(31,32)25-6-2-3-22-23(25)4-1-5-24(22)28(38)34-15-11-20(12-16-34)19-7-9-21(10-8-19)27(37)33-14-18-39-17-13-26(35)36/h1-10,20H,11-18H2,(H,33,37)(H,35,36). The number of nitrogens with one attached hydrogen (secondary N) is 1. The molecule has 0 bridgehead atoms. The fourth-order valence-corrected chi connectivity index (χ4v) is 4.84. The predicted molar refractivity (Wildman–Crippen MR) is 139 cm³/mol. The van der Waals surface area contributed by atoms with Crippen LogP contribution in [0.3, 0.4) is 0 Å². The molecule has 0 atom stereocenters. The van der Waals surface area contributed by atoms with E-state index in [2.05, 4.69) is 5.32 Å². The van der Waals surface area contributed by atoms with E-state index >= 15 is 0 Å². The molecule has 10 heteroatoms. The van der Waals surface area contributed by atoms with Gasteiger partial charge in [0.1, 0.15) is 0 Å². The van der Waals surface area contributed by atoms with E-state index in [1.807, 2.05) is 12.1 Å². The molecule has 0 aliphatic carbocycles. The fraction of sp³-hybridized carbons (Fsp3) is 0.345. The molecule has 0 unspecified atom stereocenters. The highest BCUT2D eigenvalue weighted by Crippen LogP contribution is 2.36. The van der Waals surface area contributed by atoms with Gasteiger partial charge in [0.15, 0.2) is 0 Å². The Bertz CT molecular complexity index is 1330. The van der Waals surface area contributed by atoms with Crippen molar-refractivity contribution < 1.29 is 37.4 Å². The van der Waals surface area contributed by atoms with Crippen molar-refractivity contribution in [2.75, 3.05) is 32.8 Å². The summed E-state index contributed by atoms with van der Waals surface area (Å²) >= 11 is 0. The number of alkyl halides is 3. The van der Waals surface area contributed by atoms with Crippen molar-refractivity contribution >= 4 is 28.6 Å². The van der Waals surface area contributed by atoms with Crippen molar-refractivity contribution in [3.8, 4) is 0 Å². The Morgan fingerprint density at radius 1 is 0.923 bits per heavy atom. The van der Waals surface area contributed by atoms with Crippen LogP contribution in [0.25, 0.3) is 10.8 Å². The van der Waals surface area contributed by atoms with E-state index in [0.717, 1.165) is 11.6 Å². The summed E-state index contributed by atoms with van der Waals surface area (Å²) in [7, 11) is 0. The summed E-state index contributed by atoms with van der Waals surface area (Å²) in [6, 6.07) is 15.6. The van der Waals surface area contributed by atoms with Gasteiger partial charge in [0, 0.05) is 30.8 Å². The number of hydrogen-bond donors (Lipinski definition) is 2. The summed E-state index contributed by atoms with van der Waals surface area (Å²) < 4.78 is 45.5. The van der Waals surface area contributed by atoms with Gasteiger partial charge in [-0.1, -0.05) is 36.4 Å². The average Bonchev–Trinajstić information content (AvgIpc) is 2.93. The van der Waals surface area contributed by atoms with E-state index in [4.69, 9.17) is 9.84 Å². The molecule has 1 heterocycles. The van der Waals surface area contributed by atoms with Crippen molar-refractivity contribution in [2.24, 2.45) is 0 Å². The molecule has 7 nitrogen and oxygen atoms in total. The van der Waals surface area contributed by atoms with Crippen LogP contribution < -0.4 is 5.32 Å². The quantitative estimate of drug-likeness (QED) is 0.367. The number of carboxylic acid groups (broad SMARTS) is 1. The Morgan fingerprint density at radius 3 is 2.26 bits per heavy atom. The van der Waals surface area contributed by atoms with Crippen LogP contribution in [-0.2, 0) is 15.7 Å². The molecule has 0 aromatic heterocycles. The fourth-order valence-electron chi connectivity index (χ4n) is 4.84. The molecule has 2 N–H and O–H groups in total. The number of likely N-dealkylation sites (tertiary alicyclic amines) is 1. The summed E-state index contributed by atoms with van der Waals surface area (Å²) in [5, 5.41) is 11.6. The number of halogens is 3. The molecule has 206 valence electrons. The highest BCUT2D eigenvalue weighted by Gasteiger charge is 2.33. The summed E-state index contributed by atoms with van der Waals surface area (Å²) in [5.41, 5.74) is 1.05. The Hall–Kier alpha value is -3.92. The van der Waals surface area contributed by atoms with E-state index < -0.39 is 17.7 Å². The smallest absolute Gasteiger partial charge is 0.417 e. The van der Waals surface area contributed by atoms with Crippen molar-refractivity contribution in [3.63, 3.8) is 0 Å². The highest BCUT2D eigenvalue weighted by atomic mass is 19.4. The molecule has 1 aliphatic rings. The lowest BCUT2D eigenvalue weighted by Crippen LogP contribution is -2.38. The Labute approximate surface area is 223 Å². The van der Waals surface area contributed by atoms with Gasteiger partial charge in [-0.15, -0.1) is 0 Å². The number of nitrogens with zero attached hydrogens (tertiary/aromatic N) is 1. The molecule has 0 saturated carbocycles. The number of carbonyl (C=O) groups excluding carboxylic acids is 2. The van der Waals surface area contributed by atoms with Gasteiger partial charge >= 0.3 is 12.1 Å². The molecule has 1 saturated heterocycles. The van der Waals surface area contributed by atoms with Crippen molar-refractivity contribution in [1.29, 1.82) is 0 Å². The summed E-state index contributed by atoms with van der Waals surface area (Å²) in [4.78, 5) is 37.7. The topological polar surface area (TPSA) is 95.9 Å². The summed E-state index contributed by atoms with van der Waals surface area (Å²) in [6.45, 7) is 1.52. The zero-order chi connectivity index (χ0) is 28.0. The van der Waals surface area contributed by atoms with Gasteiger partial charge in [-0.05, 0) is 59.4 Å². The van der Waals surface area contributed by atoms with Gasteiger partial charge in [-0.2, -0.15) is 13.2 Å². The third-order valence-corrected chi connectivity index (χ3v) is 6.88. The number of fused-ring (bicyclic) bond motifs is 1. The van der Waals surface area contributed by atoms with Crippen LogP contribution in [0.15, 0.2) is 60.7 Å². The van der Waals surface area contributed by atoms with Gasteiger partial charge in [0.25, 0.3) is 11.8 Å². The van der Waals surface area contributed by atoms with Crippen LogP contribution in [0.5, 0.6) is 0 Å². The molecule has 1 fully saturated rings. The van der Waals surface area contributed by atoms with Gasteiger partial charge in [-0.3, -0.25) is 14.4 Å². The average molecular weight is 543 g/mol. The second-order valence-electron chi connectivity index (χ2n) is 9.40. The second kappa shape index (κ2) is 12.3. The van der Waals surface area contributed by atoms with E-state index in [-0.39, 0.29) is 54.9 Å². The SMILES string of the molecule is O=C(O)CCOCCNC(=O)c1ccc(C2CCN(C(=O)c3cccc4c(C(F)(F)F)cccc34)CC2)cc1. The van der Waals surface area contributed by atoms with E-state index in [9.17, 15) is 27.6 Å². The second-order valence-corrected chi connectivity index (χ2v) is 9.40. The summed E-state index contributed by atoms with van der Waals surface area (Å²) in [5.74, 6) is -1.28. The van der Waals surface area contributed by atoms with Crippen LogP contribution in [0.4, 0.5) is 13.2 Å². The molecule has 0 radical (unpaired) electrons. The minimum atomic E-state index is -4.51. The number of hydrogen-bond acceptors (Lipinski definition) is 4. The molecule has 3 aromatic carbocycles. The molecular weight excluding hydrogens is 513 g/mol. The van der Waals surface area contributed by atoms with Crippen LogP contribution >= 0.6 is 0 Å². The Kier molecular flexibility index (Phi) is 8.86. The number of carboxylic acids is 1. The first-order chi connectivity index (χ1) is 18.6. The minimum absolute atomic E-state index is 0.0144. The molecule has 4 rings (SSSR count). The largest absolute Gasteiger partial charge is 0.481 e. The summed E-state index contributed by atoms with van der Waals surface area (Å²) in [6.07, 6.45) is -3.20. The van der Waals surface area contributed by atoms with Gasteiger partial charge in [0.05, 0.1) is 25.2 Å². The van der Waals surface area contributed by atoms with Crippen molar-refractivity contribution in [3.05, 3.63) is 82.9 Å². The number of piperidine rings is 1. The number of aliphatic carboxylic acids is 1. The lowest BCUT2D eigenvalue weighted by Gasteiger charge is -2.32. The van der Waals surface area contributed by atoms with E-state index in [1.165, 1.54) is 18.2 Å². The normalized spacial score (nSPS) is 14.4. The van der Waals surface area contributed by atoms with Crippen LogP contribution in [0, 0.1) is 0 Å². The first kappa shape index (κ1) is 28.1. The number of benzene rings is 3. The molecular formula is C29H29F3N2O5. The van der Waals surface area contributed by atoms with Gasteiger partial charge in [0.2, 0.25) is 0 Å². The van der Waals surface area contributed by atoms with Crippen molar-refractivity contribution in [1.82, 2.24) is 10.2 Å². The molecule has 1 aliphatic heterocycles. The lowest BCUT2D eigenvalue weighted by molar-refractivity contribution is -0.138.